The average molecular weight is 255 g/mol. The SMILES string of the molecule is COc1cc(-c2cc(C)cc(C(C)C)c2C)ccn1. The van der Waals surface area contributed by atoms with Gasteiger partial charge in [0.2, 0.25) is 5.88 Å². The Bertz CT molecular complexity index is 588. The van der Waals surface area contributed by atoms with Gasteiger partial charge >= 0.3 is 0 Å². The van der Waals surface area contributed by atoms with Crippen molar-refractivity contribution in [1.82, 2.24) is 4.98 Å². The van der Waals surface area contributed by atoms with E-state index in [1.165, 1.54) is 22.3 Å². The molecule has 1 aromatic carbocycles. The maximum Gasteiger partial charge on any atom is 0.213 e. The molecule has 0 atom stereocenters. The van der Waals surface area contributed by atoms with Gasteiger partial charge in [-0.2, -0.15) is 0 Å². The highest BCUT2D eigenvalue weighted by atomic mass is 16.5. The summed E-state index contributed by atoms with van der Waals surface area (Å²) in [5.74, 6) is 1.19. The number of aryl methyl sites for hydroxylation is 1. The molecule has 2 heteroatoms. The van der Waals surface area contributed by atoms with E-state index in [1.807, 2.05) is 12.1 Å². The van der Waals surface area contributed by atoms with Crippen molar-refractivity contribution in [3.8, 4) is 17.0 Å². The van der Waals surface area contributed by atoms with E-state index < -0.39 is 0 Å². The smallest absolute Gasteiger partial charge is 0.213 e. The molecule has 0 radical (unpaired) electrons. The quantitative estimate of drug-likeness (QED) is 0.805. The van der Waals surface area contributed by atoms with E-state index in [1.54, 1.807) is 13.3 Å². The molecular formula is C17H21NO. The zero-order chi connectivity index (χ0) is 14.0. The van der Waals surface area contributed by atoms with Gasteiger partial charge in [-0.25, -0.2) is 4.98 Å². The number of aromatic nitrogens is 1. The summed E-state index contributed by atoms with van der Waals surface area (Å²) in [5, 5.41) is 0. The summed E-state index contributed by atoms with van der Waals surface area (Å²) in [6, 6.07) is 8.54. The Morgan fingerprint density at radius 2 is 1.84 bits per heavy atom. The zero-order valence-corrected chi connectivity index (χ0v) is 12.3. The number of rotatable bonds is 3. The Morgan fingerprint density at radius 1 is 1.11 bits per heavy atom. The van der Waals surface area contributed by atoms with Crippen LogP contribution >= 0.6 is 0 Å². The molecule has 0 aliphatic rings. The topological polar surface area (TPSA) is 22.1 Å². The molecule has 19 heavy (non-hydrogen) atoms. The number of nitrogens with zero attached hydrogens (tertiary/aromatic N) is 1. The van der Waals surface area contributed by atoms with Crippen LogP contribution in [0.5, 0.6) is 5.88 Å². The molecule has 0 spiro atoms. The number of hydrogen-bond donors (Lipinski definition) is 0. The van der Waals surface area contributed by atoms with Crippen molar-refractivity contribution in [2.24, 2.45) is 0 Å². The van der Waals surface area contributed by atoms with Gasteiger partial charge in [-0.1, -0.05) is 31.5 Å². The van der Waals surface area contributed by atoms with Crippen molar-refractivity contribution in [3.63, 3.8) is 0 Å². The molecule has 0 aliphatic carbocycles. The van der Waals surface area contributed by atoms with E-state index >= 15 is 0 Å². The molecule has 1 aromatic heterocycles. The van der Waals surface area contributed by atoms with E-state index in [0.717, 1.165) is 5.56 Å². The fourth-order valence-electron chi connectivity index (χ4n) is 2.47. The molecule has 0 saturated carbocycles. The molecule has 0 saturated heterocycles. The molecular weight excluding hydrogens is 234 g/mol. The van der Waals surface area contributed by atoms with Gasteiger partial charge in [-0.3, -0.25) is 0 Å². The van der Waals surface area contributed by atoms with Crippen LogP contribution in [0.25, 0.3) is 11.1 Å². The predicted octanol–water partition coefficient (Wildman–Crippen LogP) is 4.50. The third kappa shape index (κ3) is 2.78. The monoisotopic (exact) mass is 255 g/mol. The second kappa shape index (κ2) is 5.43. The van der Waals surface area contributed by atoms with Crippen LogP contribution in [0, 0.1) is 13.8 Å². The maximum atomic E-state index is 5.21. The highest BCUT2D eigenvalue weighted by molar-refractivity contribution is 5.70. The fraction of sp³-hybridized carbons (Fsp3) is 0.353. The number of ether oxygens (including phenoxy) is 1. The van der Waals surface area contributed by atoms with E-state index in [-0.39, 0.29) is 0 Å². The van der Waals surface area contributed by atoms with Crippen LogP contribution in [-0.2, 0) is 0 Å². The first kappa shape index (κ1) is 13.6. The van der Waals surface area contributed by atoms with Gasteiger partial charge < -0.3 is 4.74 Å². The second-order valence-corrected chi connectivity index (χ2v) is 5.27. The third-order valence-electron chi connectivity index (χ3n) is 3.47. The van der Waals surface area contributed by atoms with Crippen LogP contribution in [0.15, 0.2) is 30.5 Å². The molecule has 0 unspecified atom stereocenters. The molecule has 0 N–H and O–H groups in total. The van der Waals surface area contributed by atoms with Gasteiger partial charge in [-0.15, -0.1) is 0 Å². The largest absolute Gasteiger partial charge is 0.481 e. The predicted molar refractivity (Wildman–Crippen MR) is 79.8 cm³/mol. The lowest BCUT2D eigenvalue weighted by atomic mass is 9.89. The van der Waals surface area contributed by atoms with E-state index in [0.29, 0.717) is 11.8 Å². The third-order valence-corrected chi connectivity index (χ3v) is 3.47. The minimum absolute atomic E-state index is 0.530. The first-order valence-electron chi connectivity index (χ1n) is 6.64. The molecule has 2 rings (SSSR count). The van der Waals surface area contributed by atoms with Crippen molar-refractivity contribution in [2.75, 3.05) is 7.11 Å². The van der Waals surface area contributed by atoms with Crippen molar-refractivity contribution in [2.45, 2.75) is 33.6 Å². The summed E-state index contributed by atoms with van der Waals surface area (Å²) in [6.45, 7) is 8.81. The Hall–Kier alpha value is -1.83. The minimum Gasteiger partial charge on any atom is -0.481 e. The first-order valence-corrected chi connectivity index (χ1v) is 6.64. The number of hydrogen-bond acceptors (Lipinski definition) is 2. The molecule has 0 aliphatic heterocycles. The lowest BCUT2D eigenvalue weighted by molar-refractivity contribution is 0.398. The molecule has 2 aromatic rings. The minimum atomic E-state index is 0.530. The molecule has 0 amide bonds. The van der Waals surface area contributed by atoms with Crippen LogP contribution in [0.2, 0.25) is 0 Å². The normalized spacial score (nSPS) is 10.8. The highest BCUT2D eigenvalue weighted by Gasteiger charge is 2.11. The van der Waals surface area contributed by atoms with Gasteiger partial charge in [0.25, 0.3) is 0 Å². The summed E-state index contributed by atoms with van der Waals surface area (Å²) in [4.78, 5) is 4.17. The Labute approximate surface area is 115 Å². The second-order valence-electron chi connectivity index (χ2n) is 5.27. The number of pyridine rings is 1. The molecule has 1 heterocycles. The van der Waals surface area contributed by atoms with E-state index in [4.69, 9.17) is 4.74 Å². The van der Waals surface area contributed by atoms with Crippen molar-refractivity contribution >= 4 is 0 Å². The Kier molecular flexibility index (Phi) is 3.89. The van der Waals surface area contributed by atoms with Crippen molar-refractivity contribution in [3.05, 3.63) is 47.2 Å². The van der Waals surface area contributed by atoms with E-state index in [2.05, 4.69) is 44.8 Å². The van der Waals surface area contributed by atoms with Gasteiger partial charge in [-0.05, 0) is 48.1 Å². The molecule has 0 fully saturated rings. The highest BCUT2D eigenvalue weighted by Crippen LogP contribution is 2.31. The summed E-state index contributed by atoms with van der Waals surface area (Å²) >= 11 is 0. The molecule has 100 valence electrons. The van der Waals surface area contributed by atoms with Crippen LogP contribution in [-0.4, -0.2) is 12.1 Å². The standard InChI is InChI=1S/C17H21NO/c1-11(2)15-8-12(3)9-16(13(15)4)14-6-7-18-17(10-14)19-5/h6-11H,1-5H3. The zero-order valence-electron chi connectivity index (χ0n) is 12.3. The van der Waals surface area contributed by atoms with Gasteiger partial charge in [0.15, 0.2) is 0 Å². The average Bonchev–Trinajstić information content (AvgIpc) is 2.40. The Balaban J connectivity index is 2.61. The van der Waals surface area contributed by atoms with Crippen LogP contribution < -0.4 is 4.74 Å². The first-order chi connectivity index (χ1) is 9.02. The summed E-state index contributed by atoms with van der Waals surface area (Å²) in [5.41, 5.74) is 6.47. The van der Waals surface area contributed by atoms with Crippen LogP contribution in [0.4, 0.5) is 0 Å². The van der Waals surface area contributed by atoms with Gasteiger partial charge in [0.1, 0.15) is 0 Å². The van der Waals surface area contributed by atoms with Crippen molar-refractivity contribution in [1.29, 1.82) is 0 Å². The van der Waals surface area contributed by atoms with Crippen molar-refractivity contribution < 1.29 is 4.74 Å². The van der Waals surface area contributed by atoms with Gasteiger partial charge in [0, 0.05) is 12.3 Å². The summed E-state index contributed by atoms with van der Waals surface area (Å²) in [7, 11) is 1.65. The fourth-order valence-corrected chi connectivity index (χ4v) is 2.47. The lowest BCUT2D eigenvalue weighted by Gasteiger charge is -2.16. The summed E-state index contributed by atoms with van der Waals surface area (Å²) < 4.78 is 5.21. The summed E-state index contributed by atoms with van der Waals surface area (Å²) in [6.07, 6.45) is 1.80. The van der Waals surface area contributed by atoms with Crippen LogP contribution in [0.3, 0.4) is 0 Å². The Morgan fingerprint density at radius 3 is 2.47 bits per heavy atom. The van der Waals surface area contributed by atoms with E-state index in [9.17, 15) is 0 Å². The number of methoxy groups -OCH3 is 1. The maximum absolute atomic E-state index is 5.21. The van der Waals surface area contributed by atoms with Gasteiger partial charge in [0.05, 0.1) is 7.11 Å². The molecule has 2 nitrogen and oxygen atoms in total. The number of benzene rings is 1. The lowest BCUT2D eigenvalue weighted by Crippen LogP contribution is -1.97. The molecule has 0 bridgehead atoms. The van der Waals surface area contributed by atoms with Crippen LogP contribution in [0.1, 0.15) is 36.5 Å².